The molecule has 1 atom stereocenters. The number of thiophene rings is 1. The smallest absolute Gasteiger partial charge is 0.311 e. The average molecular weight is 308 g/mol. The second-order valence-electron chi connectivity index (χ2n) is 4.58. The van der Waals surface area contributed by atoms with Crippen LogP contribution in [0.3, 0.4) is 0 Å². The summed E-state index contributed by atoms with van der Waals surface area (Å²) in [7, 11) is 0. The van der Waals surface area contributed by atoms with Gasteiger partial charge >= 0.3 is 5.97 Å². The van der Waals surface area contributed by atoms with Crippen LogP contribution < -0.4 is 0 Å². The molecule has 7 heteroatoms. The minimum absolute atomic E-state index is 0.199. The zero-order valence-corrected chi connectivity index (χ0v) is 11.9. The van der Waals surface area contributed by atoms with Gasteiger partial charge in [0.05, 0.1) is 15.3 Å². The van der Waals surface area contributed by atoms with E-state index in [-0.39, 0.29) is 12.5 Å². The molecule has 1 fully saturated rings. The van der Waals surface area contributed by atoms with E-state index < -0.39 is 11.4 Å². The van der Waals surface area contributed by atoms with Gasteiger partial charge in [0.15, 0.2) is 0 Å². The summed E-state index contributed by atoms with van der Waals surface area (Å²) in [5.74, 6) is -1.14. The van der Waals surface area contributed by atoms with E-state index >= 15 is 0 Å². The van der Waals surface area contributed by atoms with E-state index in [0.29, 0.717) is 27.2 Å². The first kappa shape index (κ1) is 13.6. The van der Waals surface area contributed by atoms with Crippen molar-refractivity contribution in [2.45, 2.75) is 13.3 Å². The van der Waals surface area contributed by atoms with E-state index in [0.717, 1.165) is 11.3 Å². The Balaban J connectivity index is 2.18. The maximum absolute atomic E-state index is 12.2. The predicted molar refractivity (Wildman–Crippen MR) is 70.6 cm³/mol. The summed E-state index contributed by atoms with van der Waals surface area (Å²) in [4.78, 5) is 24.8. The van der Waals surface area contributed by atoms with Crippen LogP contribution in [0, 0.1) is 5.41 Å². The number of carboxylic acids is 1. The summed E-state index contributed by atoms with van der Waals surface area (Å²) in [6.07, 6.45) is 0.448. The number of carboxylic acid groups (broad SMARTS) is 1. The van der Waals surface area contributed by atoms with Gasteiger partial charge < -0.3 is 10.0 Å². The van der Waals surface area contributed by atoms with Crippen molar-refractivity contribution in [3.8, 4) is 0 Å². The molecule has 0 unspecified atom stereocenters. The lowest BCUT2D eigenvalue weighted by molar-refractivity contribution is -0.147. The number of amides is 1. The zero-order chi connectivity index (χ0) is 13.5. The number of carbonyl (C=O) groups is 2. The van der Waals surface area contributed by atoms with Gasteiger partial charge in [0.25, 0.3) is 5.91 Å². The number of rotatable bonds is 2. The van der Waals surface area contributed by atoms with Gasteiger partial charge in [-0.3, -0.25) is 9.59 Å². The SMILES string of the molecule is C[C@]1(C(=O)O)CCN(C(=O)c2cc(Cl)sc2Cl)C1. The predicted octanol–water partition coefficient (Wildman–Crippen LogP) is 2.99. The standard InChI is InChI=1S/C11H11Cl2NO3S/c1-11(10(16)17)2-3-14(5-11)9(15)6-4-7(12)18-8(6)13/h4H,2-3,5H2,1H3,(H,16,17)/t11-/m0/s1. The van der Waals surface area contributed by atoms with E-state index in [1.165, 1.54) is 11.0 Å². The Morgan fingerprint density at radius 2 is 2.17 bits per heavy atom. The third kappa shape index (κ3) is 2.35. The van der Waals surface area contributed by atoms with Crippen molar-refractivity contribution in [2.24, 2.45) is 5.41 Å². The molecule has 1 aliphatic heterocycles. The Hall–Kier alpha value is -0.780. The normalized spacial score (nSPS) is 23.4. The van der Waals surface area contributed by atoms with E-state index in [2.05, 4.69) is 0 Å². The average Bonchev–Trinajstić information content (AvgIpc) is 2.82. The highest BCUT2D eigenvalue weighted by Gasteiger charge is 2.42. The Labute approximate surface area is 118 Å². The molecule has 1 N–H and O–H groups in total. The van der Waals surface area contributed by atoms with Crippen LogP contribution in [-0.2, 0) is 4.79 Å². The molecule has 2 rings (SSSR count). The van der Waals surface area contributed by atoms with E-state index in [9.17, 15) is 9.59 Å². The number of hydrogen-bond acceptors (Lipinski definition) is 3. The molecular formula is C11H11Cl2NO3S. The van der Waals surface area contributed by atoms with Crippen molar-refractivity contribution in [2.75, 3.05) is 13.1 Å². The summed E-state index contributed by atoms with van der Waals surface area (Å²) in [6, 6.07) is 1.52. The molecule has 18 heavy (non-hydrogen) atoms. The molecule has 4 nitrogen and oxygen atoms in total. The lowest BCUT2D eigenvalue weighted by Gasteiger charge is -2.19. The van der Waals surface area contributed by atoms with Crippen molar-refractivity contribution in [1.29, 1.82) is 0 Å². The van der Waals surface area contributed by atoms with Crippen LogP contribution in [0.2, 0.25) is 8.67 Å². The van der Waals surface area contributed by atoms with Crippen LogP contribution in [0.4, 0.5) is 0 Å². The molecule has 1 aromatic rings. The highest BCUT2D eigenvalue weighted by atomic mass is 35.5. The van der Waals surface area contributed by atoms with Gasteiger partial charge in [0.1, 0.15) is 4.34 Å². The van der Waals surface area contributed by atoms with E-state index in [1.54, 1.807) is 6.92 Å². The van der Waals surface area contributed by atoms with Crippen LogP contribution in [0.25, 0.3) is 0 Å². The molecule has 0 spiro atoms. The fourth-order valence-electron chi connectivity index (χ4n) is 1.97. The van der Waals surface area contributed by atoms with Crippen molar-refractivity contribution in [1.82, 2.24) is 4.90 Å². The fraction of sp³-hybridized carbons (Fsp3) is 0.455. The van der Waals surface area contributed by atoms with Crippen LogP contribution in [0.1, 0.15) is 23.7 Å². The monoisotopic (exact) mass is 307 g/mol. The molecule has 1 aromatic heterocycles. The summed E-state index contributed by atoms with van der Waals surface area (Å²) in [6.45, 7) is 2.27. The molecule has 0 saturated carbocycles. The maximum Gasteiger partial charge on any atom is 0.311 e. The van der Waals surface area contributed by atoms with Gasteiger partial charge in [0, 0.05) is 13.1 Å². The van der Waals surface area contributed by atoms with E-state index in [1.807, 2.05) is 0 Å². The quantitative estimate of drug-likeness (QED) is 0.913. The van der Waals surface area contributed by atoms with Crippen LogP contribution in [0.15, 0.2) is 6.07 Å². The van der Waals surface area contributed by atoms with Crippen molar-refractivity contribution in [3.63, 3.8) is 0 Å². The molecule has 1 aliphatic rings. The van der Waals surface area contributed by atoms with Gasteiger partial charge in [-0.25, -0.2) is 0 Å². The second kappa shape index (κ2) is 4.72. The number of halogens is 2. The molecule has 0 bridgehead atoms. The number of hydrogen-bond donors (Lipinski definition) is 1. The fourth-order valence-corrected chi connectivity index (χ4v) is 3.41. The first-order chi connectivity index (χ1) is 8.33. The Kier molecular flexibility index (Phi) is 3.58. The van der Waals surface area contributed by atoms with Gasteiger partial charge in [-0.1, -0.05) is 23.2 Å². The Morgan fingerprint density at radius 1 is 1.50 bits per heavy atom. The minimum Gasteiger partial charge on any atom is -0.481 e. The zero-order valence-electron chi connectivity index (χ0n) is 9.57. The van der Waals surface area contributed by atoms with Gasteiger partial charge in [-0.15, -0.1) is 11.3 Å². The van der Waals surface area contributed by atoms with E-state index in [4.69, 9.17) is 28.3 Å². The molecule has 1 amide bonds. The number of carbonyl (C=O) groups excluding carboxylic acids is 1. The van der Waals surface area contributed by atoms with Crippen LogP contribution in [0.5, 0.6) is 0 Å². The van der Waals surface area contributed by atoms with Crippen molar-refractivity contribution < 1.29 is 14.7 Å². The third-order valence-corrected chi connectivity index (χ3v) is 4.65. The number of likely N-dealkylation sites (tertiary alicyclic amines) is 1. The second-order valence-corrected chi connectivity index (χ2v) is 6.87. The van der Waals surface area contributed by atoms with Gasteiger partial charge in [-0.05, 0) is 19.4 Å². The van der Waals surface area contributed by atoms with Crippen molar-refractivity contribution >= 4 is 46.4 Å². The highest BCUT2D eigenvalue weighted by molar-refractivity contribution is 7.20. The number of aliphatic carboxylic acids is 1. The molecule has 0 aliphatic carbocycles. The topological polar surface area (TPSA) is 57.6 Å². The lowest BCUT2D eigenvalue weighted by Crippen LogP contribution is -2.34. The summed E-state index contributed by atoms with van der Waals surface area (Å²) >= 11 is 12.8. The molecule has 0 radical (unpaired) electrons. The maximum atomic E-state index is 12.2. The Morgan fingerprint density at radius 3 is 2.61 bits per heavy atom. The number of nitrogens with zero attached hydrogens (tertiary/aromatic N) is 1. The van der Waals surface area contributed by atoms with Crippen molar-refractivity contribution in [3.05, 3.63) is 20.3 Å². The van der Waals surface area contributed by atoms with Gasteiger partial charge in [-0.2, -0.15) is 0 Å². The third-order valence-electron chi connectivity index (χ3n) is 3.16. The van der Waals surface area contributed by atoms with Crippen LogP contribution in [-0.4, -0.2) is 35.0 Å². The molecule has 98 valence electrons. The summed E-state index contributed by atoms with van der Waals surface area (Å²) in [5, 5.41) is 9.12. The van der Waals surface area contributed by atoms with Crippen LogP contribution >= 0.6 is 34.5 Å². The first-order valence-corrected chi connectivity index (χ1v) is 6.88. The van der Waals surface area contributed by atoms with Gasteiger partial charge in [0.2, 0.25) is 0 Å². The first-order valence-electron chi connectivity index (χ1n) is 5.31. The largest absolute Gasteiger partial charge is 0.481 e. The lowest BCUT2D eigenvalue weighted by atomic mass is 9.90. The highest BCUT2D eigenvalue weighted by Crippen LogP contribution is 2.35. The Bertz CT molecular complexity index is 516. The summed E-state index contributed by atoms with van der Waals surface area (Å²) < 4.78 is 0.789. The minimum atomic E-state index is -0.882. The summed E-state index contributed by atoms with van der Waals surface area (Å²) in [5.41, 5.74) is -0.525. The molecule has 1 saturated heterocycles. The molecule has 0 aromatic carbocycles. The molecular weight excluding hydrogens is 297 g/mol. The molecule has 2 heterocycles.